The lowest BCUT2D eigenvalue weighted by atomic mass is 10.5. The molecule has 0 atom stereocenters. The van der Waals surface area contributed by atoms with E-state index in [9.17, 15) is 0 Å². The Bertz CT molecular complexity index is 95.0. The van der Waals surface area contributed by atoms with Gasteiger partial charge < -0.3 is 10.3 Å². The Hall–Kier alpha value is -0.220. The van der Waals surface area contributed by atoms with Gasteiger partial charge in [-0.2, -0.15) is 11.8 Å². The van der Waals surface area contributed by atoms with E-state index in [2.05, 4.69) is 5.16 Å². The molecule has 0 aromatic rings. The summed E-state index contributed by atoms with van der Waals surface area (Å²) in [5.74, 6) is 1.39. The van der Waals surface area contributed by atoms with Crippen LogP contribution in [-0.4, -0.2) is 34.1 Å². The monoisotopic (exact) mass is 149 g/mol. The fourth-order valence-electron chi connectivity index (χ4n) is 0.313. The van der Waals surface area contributed by atoms with E-state index in [4.69, 9.17) is 10.3 Å². The molecule has 0 rings (SSSR count). The van der Waals surface area contributed by atoms with Gasteiger partial charge in [-0.05, 0) is 6.92 Å². The minimum Gasteiger partial charge on any atom is -0.411 e. The Morgan fingerprint density at radius 2 is 2.33 bits per heavy atom. The molecule has 0 fully saturated rings. The first-order valence-corrected chi connectivity index (χ1v) is 3.83. The number of hydrogen-bond donors (Lipinski definition) is 2. The fraction of sp³-hybridized carbons (Fsp3) is 0.800. The number of oxime groups is 1. The van der Waals surface area contributed by atoms with Crippen molar-refractivity contribution in [2.75, 3.05) is 18.1 Å². The molecule has 2 N–H and O–H groups in total. The molecule has 3 nitrogen and oxygen atoms in total. The molecular formula is C5H11NO2S. The first-order valence-electron chi connectivity index (χ1n) is 2.67. The molecular weight excluding hydrogens is 138 g/mol. The second kappa shape index (κ2) is 5.91. The summed E-state index contributed by atoms with van der Waals surface area (Å²) < 4.78 is 0. The second-order valence-electron chi connectivity index (χ2n) is 1.61. The van der Waals surface area contributed by atoms with Crippen molar-refractivity contribution >= 4 is 17.5 Å². The number of aliphatic hydroxyl groups excluding tert-OH is 1. The van der Waals surface area contributed by atoms with E-state index in [-0.39, 0.29) is 6.61 Å². The van der Waals surface area contributed by atoms with Gasteiger partial charge in [0, 0.05) is 11.5 Å². The summed E-state index contributed by atoms with van der Waals surface area (Å²) >= 11 is 1.55. The summed E-state index contributed by atoms with van der Waals surface area (Å²) in [5.41, 5.74) is 0.688. The smallest absolute Gasteiger partial charge is 0.0638 e. The van der Waals surface area contributed by atoms with Crippen LogP contribution in [0, 0.1) is 0 Å². The number of nitrogens with zero attached hydrogens (tertiary/aromatic N) is 1. The molecule has 0 radical (unpaired) electrons. The van der Waals surface area contributed by atoms with Gasteiger partial charge in [-0.3, -0.25) is 0 Å². The second-order valence-corrected chi connectivity index (χ2v) is 2.72. The van der Waals surface area contributed by atoms with Gasteiger partial charge in [0.25, 0.3) is 0 Å². The van der Waals surface area contributed by atoms with Crippen LogP contribution >= 0.6 is 11.8 Å². The van der Waals surface area contributed by atoms with Gasteiger partial charge in [0.05, 0.1) is 12.3 Å². The van der Waals surface area contributed by atoms with Gasteiger partial charge in [0.1, 0.15) is 0 Å². The molecule has 0 saturated carbocycles. The first-order chi connectivity index (χ1) is 4.31. The van der Waals surface area contributed by atoms with Gasteiger partial charge in [-0.1, -0.05) is 5.16 Å². The highest BCUT2D eigenvalue weighted by Gasteiger charge is 1.90. The van der Waals surface area contributed by atoms with Gasteiger partial charge in [-0.25, -0.2) is 0 Å². The maximum atomic E-state index is 8.33. The largest absolute Gasteiger partial charge is 0.411 e. The van der Waals surface area contributed by atoms with Crippen LogP contribution in [-0.2, 0) is 0 Å². The zero-order valence-electron chi connectivity index (χ0n) is 5.37. The van der Waals surface area contributed by atoms with Crippen LogP contribution < -0.4 is 0 Å². The van der Waals surface area contributed by atoms with Crippen molar-refractivity contribution < 1.29 is 10.3 Å². The highest BCUT2D eigenvalue weighted by atomic mass is 32.2. The summed E-state index contributed by atoms with van der Waals surface area (Å²) in [6.07, 6.45) is 0. The Kier molecular flexibility index (Phi) is 5.76. The summed E-state index contributed by atoms with van der Waals surface area (Å²) in [6, 6.07) is 0. The van der Waals surface area contributed by atoms with Gasteiger partial charge >= 0.3 is 0 Å². The highest BCUT2D eigenvalue weighted by molar-refractivity contribution is 7.99. The minimum absolute atomic E-state index is 0.184. The SMILES string of the molecule is C/C(CSCCO)=N\O. The molecule has 0 aromatic carbocycles. The van der Waals surface area contributed by atoms with Crippen LogP contribution in [0.25, 0.3) is 0 Å². The molecule has 54 valence electrons. The number of aliphatic hydroxyl groups is 1. The molecule has 0 amide bonds. The normalized spacial score (nSPS) is 12.0. The van der Waals surface area contributed by atoms with Crippen LogP contribution in [0.15, 0.2) is 5.16 Å². The molecule has 0 spiro atoms. The molecule has 0 aliphatic carbocycles. The van der Waals surface area contributed by atoms with Crippen LogP contribution in [0.2, 0.25) is 0 Å². The molecule has 0 aliphatic heterocycles. The standard InChI is InChI=1S/C5H11NO2S/c1-5(6-8)4-9-3-2-7/h7-8H,2-4H2,1H3/b6-5+. The summed E-state index contributed by atoms with van der Waals surface area (Å²) in [6.45, 7) is 1.92. The Morgan fingerprint density at radius 1 is 1.67 bits per heavy atom. The zero-order chi connectivity index (χ0) is 7.11. The third-order valence-corrected chi connectivity index (χ3v) is 1.81. The van der Waals surface area contributed by atoms with E-state index in [1.54, 1.807) is 18.7 Å². The fourth-order valence-corrected chi connectivity index (χ4v) is 0.940. The lowest BCUT2D eigenvalue weighted by Crippen LogP contribution is -1.97. The quantitative estimate of drug-likeness (QED) is 0.266. The molecule has 0 heterocycles. The van der Waals surface area contributed by atoms with Crippen molar-refractivity contribution in [2.24, 2.45) is 5.16 Å². The molecule has 9 heavy (non-hydrogen) atoms. The van der Waals surface area contributed by atoms with E-state index >= 15 is 0 Å². The van der Waals surface area contributed by atoms with Crippen LogP contribution in [0.1, 0.15) is 6.92 Å². The number of hydrogen-bond acceptors (Lipinski definition) is 4. The number of rotatable bonds is 4. The van der Waals surface area contributed by atoms with Crippen molar-refractivity contribution in [1.29, 1.82) is 0 Å². The molecule has 4 heteroatoms. The number of thioether (sulfide) groups is 1. The lowest BCUT2D eigenvalue weighted by Gasteiger charge is -1.94. The van der Waals surface area contributed by atoms with E-state index in [1.807, 2.05) is 0 Å². The summed E-state index contributed by atoms with van der Waals surface area (Å²) in [4.78, 5) is 0. The van der Waals surface area contributed by atoms with Gasteiger partial charge in [-0.15, -0.1) is 0 Å². The molecule has 0 aromatic heterocycles. The average molecular weight is 149 g/mol. The first kappa shape index (κ1) is 8.78. The van der Waals surface area contributed by atoms with Crippen molar-refractivity contribution in [3.8, 4) is 0 Å². The van der Waals surface area contributed by atoms with Crippen LogP contribution in [0.5, 0.6) is 0 Å². The maximum absolute atomic E-state index is 8.33. The summed E-state index contributed by atoms with van der Waals surface area (Å²) in [5, 5.41) is 19.4. The Labute approximate surface area is 58.8 Å². The predicted molar refractivity (Wildman–Crippen MR) is 39.3 cm³/mol. The third-order valence-electron chi connectivity index (χ3n) is 0.717. The molecule has 0 unspecified atom stereocenters. The summed E-state index contributed by atoms with van der Waals surface area (Å²) in [7, 11) is 0. The van der Waals surface area contributed by atoms with E-state index in [1.165, 1.54) is 0 Å². The molecule has 0 bridgehead atoms. The lowest BCUT2D eigenvalue weighted by molar-refractivity contribution is 0.318. The topological polar surface area (TPSA) is 52.8 Å². The molecule has 0 saturated heterocycles. The maximum Gasteiger partial charge on any atom is 0.0638 e. The third kappa shape index (κ3) is 5.65. The van der Waals surface area contributed by atoms with Gasteiger partial charge in [0.15, 0.2) is 0 Å². The minimum atomic E-state index is 0.184. The van der Waals surface area contributed by atoms with Gasteiger partial charge in [0.2, 0.25) is 0 Å². The Balaban J connectivity index is 3.07. The predicted octanol–water partition coefficient (Wildman–Crippen LogP) is 0.562. The van der Waals surface area contributed by atoms with Crippen LogP contribution in [0.4, 0.5) is 0 Å². The Morgan fingerprint density at radius 3 is 2.78 bits per heavy atom. The van der Waals surface area contributed by atoms with Crippen molar-refractivity contribution in [1.82, 2.24) is 0 Å². The van der Waals surface area contributed by atoms with Crippen molar-refractivity contribution in [3.63, 3.8) is 0 Å². The van der Waals surface area contributed by atoms with E-state index in [0.29, 0.717) is 17.2 Å². The zero-order valence-corrected chi connectivity index (χ0v) is 6.19. The molecule has 0 aliphatic rings. The highest BCUT2D eigenvalue weighted by Crippen LogP contribution is 1.98. The average Bonchev–Trinajstić information content (AvgIpc) is 1.89. The van der Waals surface area contributed by atoms with E-state index in [0.717, 1.165) is 0 Å². The van der Waals surface area contributed by atoms with Crippen molar-refractivity contribution in [2.45, 2.75) is 6.92 Å². The van der Waals surface area contributed by atoms with E-state index < -0.39 is 0 Å². The van der Waals surface area contributed by atoms with Crippen molar-refractivity contribution in [3.05, 3.63) is 0 Å². The van der Waals surface area contributed by atoms with Crippen LogP contribution in [0.3, 0.4) is 0 Å².